The van der Waals surface area contributed by atoms with Crippen LogP contribution in [0.1, 0.15) is 18.1 Å². The largest absolute Gasteiger partial charge is 0.385 e. The van der Waals surface area contributed by atoms with Crippen molar-refractivity contribution in [2.24, 2.45) is 11.1 Å². The summed E-state index contributed by atoms with van der Waals surface area (Å²) >= 11 is 19.0. The van der Waals surface area contributed by atoms with Crippen LogP contribution >= 0.6 is 55.1 Å². The highest BCUT2D eigenvalue weighted by molar-refractivity contribution is 9.10. The highest BCUT2D eigenvalue weighted by Crippen LogP contribution is 2.49. The number of hydrogen-bond donors (Lipinski definition) is 0. The Balaban J connectivity index is 1.95. The van der Waals surface area contributed by atoms with Crippen LogP contribution in [-0.2, 0) is 9.63 Å². The van der Waals surface area contributed by atoms with Gasteiger partial charge in [-0.15, -0.1) is 0 Å². The van der Waals surface area contributed by atoms with Crippen molar-refractivity contribution in [3.8, 4) is 0 Å². The molecular weight excluding hydrogens is 433 g/mol. The fraction of sp³-hybridized carbons (Fsp3) is 0.385. The van der Waals surface area contributed by atoms with Crippen LogP contribution in [-0.4, -0.2) is 21.1 Å². The van der Waals surface area contributed by atoms with Gasteiger partial charge in [0, 0.05) is 26.4 Å². The first-order chi connectivity index (χ1) is 9.43. The van der Waals surface area contributed by atoms with Crippen LogP contribution in [0.5, 0.6) is 0 Å². The van der Waals surface area contributed by atoms with Gasteiger partial charge in [0.25, 0.3) is 0 Å². The maximum atomic E-state index is 12.6. The molecule has 1 fully saturated rings. The second-order valence-electron chi connectivity index (χ2n) is 4.88. The number of Topliss-reactive ketones (excluding diaryl/α,β-unsaturated/α-hetero) is 1. The van der Waals surface area contributed by atoms with Gasteiger partial charge < -0.3 is 4.84 Å². The molecule has 0 saturated heterocycles. The van der Waals surface area contributed by atoms with Crippen molar-refractivity contribution >= 4 is 67.1 Å². The topological polar surface area (TPSA) is 38.7 Å². The highest BCUT2D eigenvalue weighted by atomic mass is 79.9. The zero-order chi connectivity index (χ0) is 14.5. The molecule has 1 heterocycles. The number of halogens is 4. The highest BCUT2D eigenvalue weighted by Gasteiger charge is 2.56. The zero-order valence-electron chi connectivity index (χ0n) is 10.0. The summed E-state index contributed by atoms with van der Waals surface area (Å²) in [5.41, 5.74) is 0.686. The molecule has 0 bridgehead atoms. The van der Waals surface area contributed by atoms with E-state index in [0.717, 1.165) is 6.42 Å². The standard InChI is InChI=1S/C13H9Br2Cl2NO2/c14-9-4-8(9)11(19)13(15)5-18-20-12(13)7-2-1-6(16)3-10(7)17/h1-3,5,8-9,12H,4H2. The van der Waals surface area contributed by atoms with E-state index in [1.807, 2.05) is 0 Å². The lowest BCUT2D eigenvalue weighted by atomic mass is 9.91. The van der Waals surface area contributed by atoms with Crippen LogP contribution in [0.15, 0.2) is 23.4 Å². The Labute approximate surface area is 142 Å². The van der Waals surface area contributed by atoms with Crippen molar-refractivity contribution in [2.45, 2.75) is 21.7 Å². The molecule has 20 heavy (non-hydrogen) atoms. The molecule has 3 rings (SSSR count). The minimum absolute atomic E-state index is 0.0175. The van der Waals surface area contributed by atoms with Crippen molar-refractivity contribution in [3.05, 3.63) is 33.8 Å². The molecule has 0 aromatic heterocycles. The Morgan fingerprint density at radius 2 is 2.15 bits per heavy atom. The number of ketones is 1. The van der Waals surface area contributed by atoms with Crippen molar-refractivity contribution in [3.63, 3.8) is 0 Å². The zero-order valence-corrected chi connectivity index (χ0v) is 14.7. The first-order valence-electron chi connectivity index (χ1n) is 5.96. The number of oxime groups is 1. The molecular formula is C13H9Br2Cl2NO2. The van der Waals surface area contributed by atoms with Crippen molar-refractivity contribution < 1.29 is 9.63 Å². The summed E-state index contributed by atoms with van der Waals surface area (Å²) in [5.74, 6) is 0.0349. The normalized spacial score (nSPS) is 34.9. The average Bonchev–Trinajstić information content (AvgIpc) is 2.99. The summed E-state index contributed by atoms with van der Waals surface area (Å²) in [6.45, 7) is 0. The summed E-state index contributed by atoms with van der Waals surface area (Å²) < 4.78 is -0.975. The molecule has 3 nitrogen and oxygen atoms in total. The maximum absolute atomic E-state index is 12.6. The molecule has 4 unspecified atom stereocenters. The lowest BCUT2D eigenvalue weighted by Crippen LogP contribution is -2.39. The molecule has 0 spiro atoms. The third-order valence-electron chi connectivity index (χ3n) is 3.46. The van der Waals surface area contributed by atoms with Crippen LogP contribution in [0.25, 0.3) is 0 Å². The second kappa shape index (κ2) is 5.27. The number of rotatable bonds is 3. The molecule has 1 aliphatic heterocycles. The van der Waals surface area contributed by atoms with E-state index in [4.69, 9.17) is 28.0 Å². The molecule has 0 radical (unpaired) electrons. The van der Waals surface area contributed by atoms with E-state index < -0.39 is 10.4 Å². The predicted octanol–water partition coefficient (Wildman–Crippen LogP) is 4.54. The van der Waals surface area contributed by atoms with Gasteiger partial charge in [-0.3, -0.25) is 4.79 Å². The molecule has 0 amide bonds. The van der Waals surface area contributed by atoms with E-state index in [9.17, 15) is 4.79 Å². The fourth-order valence-electron chi connectivity index (χ4n) is 2.22. The minimum Gasteiger partial charge on any atom is -0.385 e. The molecule has 4 atom stereocenters. The Morgan fingerprint density at radius 3 is 2.75 bits per heavy atom. The molecule has 1 aliphatic carbocycles. The molecule has 1 aromatic carbocycles. The Morgan fingerprint density at radius 1 is 1.45 bits per heavy atom. The van der Waals surface area contributed by atoms with Gasteiger partial charge in [0.15, 0.2) is 16.2 Å². The second-order valence-corrected chi connectivity index (χ2v) is 8.21. The monoisotopic (exact) mass is 439 g/mol. The SMILES string of the molecule is O=C(C1CC1Br)C1(Br)C=NOC1c1ccc(Cl)cc1Cl. The Kier molecular flexibility index (Phi) is 3.91. The van der Waals surface area contributed by atoms with Crippen LogP contribution in [0.2, 0.25) is 10.0 Å². The molecule has 2 aliphatic rings. The molecule has 106 valence electrons. The van der Waals surface area contributed by atoms with E-state index in [1.54, 1.807) is 18.2 Å². The minimum atomic E-state index is -0.975. The number of hydrogen-bond acceptors (Lipinski definition) is 3. The first kappa shape index (κ1) is 14.8. The van der Waals surface area contributed by atoms with Gasteiger partial charge in [0.2, 0.25) is 0 Å². The van der Waals surface area contributed by atoms with Crippen LogP contribution in [0, 0.1) is 5.92 Å². The van der Waals surface area contributed by atoms with Crippen LogP contribution < -0.4 is 0 Å². The predicted molar refractivity (Wildman–Crippen MR) is 86.3 cm³/mol. The van der Waals surface area contributed by atoms with E-state index >= 15 is 0 Å². The van der Waals surface area contributed by atoms with Crippen LogP contribution in [0.3, 0.4) is 0 Å². The Hall–Kier alpha value is -0.100. The number of carbonyl (C=O) groups excluding carboxylic acids is 1. The number of nitrogens with zero attached hydrogens (tertiary/aromatic N) is 1. The summed E-state index contributed by atoms with van der Waals surface area (Å²) in [6, 6.07) is 5.10. The van der Waals surface area contributed by atoms with Gasteiger partial charge in [-0.25, -0.2) is 0 Å². The van der Waals surface area contributed by atoms with Gasteiger partial charge in [-0.2, -0.15) is 0 Å². The quantitative estimate of drug-likeness (QED) is 0.646. The number of carbonyl (C=O) groups is 1. The van der Waals surface area contributed by atoms with E-state index in [0.29, 0.717) is 15.6 Å². The summed E-state index contributed by atoms with van der Waals surface area (Å²) in [6.07, 6.45) is 1.75. The fourth-order valence-corrected chi connectivity index (χ4v) is 4.08. The smallest absolute Gasteiger partial charge is 0.181 e. The molecule has 1 aromatic rings. The Bertz CT molecular complexity index is 610. The summed E-state index contributed by atoms with van der Waals surface area (Å²) in [5, 5.41) is 4.80. The van der Waals surface area contributed by atoms with Gasteiger partial charge in [0.1, 0.15) is 0 Å². The van der Waals surface area contributed by atoms with Crippen molar-refractivity contribution in [1.82, 2.24) is 0 Å². The average molecular weight is 442 g/mol. The number of benzene rings is 1. The summed E-state index contributed by atoms with van der Waals surface area (Å²) in [7, 11) is 0. The van der Waals surface area contributed by atoms with Crippen molar-refractivity contribution in [1.29, 1.82) is 0 Å². The van der Waals surface area contributed by atoms with Crippen LogP contribution in [0.4, 0.5) is 0 Å². The van der Waals surface area contributed by atoms with E-state index in [2.05, 4.69) is 37.0 Å². The summed E-state index contributed by atoms with van der Waals surface area (Å²) in [4.78, 5) is 18.2. The molecule has 0 N–H and O–H groups in total. The maximum Gasteiger partial charge on any atom is 0.181 e. The lowest BCUT2D eigenvalue weighted by Gasteiger charge is -2.25. The number of alkyl halides is 2. The molecule has 1 saturated carbocycles. The van der Waals surface area contributed by atoms with E-state index in [1.165, 1.54) is 6.21 Å². The third-order valence-corrected chi connectivity index (χ3v) is 6.05. The lowest BCUT2D eigenvalue weighted by molar-refractivity contribution is -0.123. The molecule has 7 heteroatoms. The van der Waals surface area contributed by atoms with Gasteiger partial charge in [0.05, 0.1) is 6.21 Å². The van der Waals surface area contributed by atoms with Gasteiger partial charge in [-0.1, -0.05) is 66.3 Å². The van der Waals surface area contributed by atoms with Gasteiger partial charge >= 0.3 is 0 Å². The van der Waals surface area contributed by atoms with E-state index in [-0.39, 0.29) is 16.5 Å². The first-order valence-corrected chi connectivity index (χ1v) is 8.42. The third kappa shape index (κ3) is 2.43. The van der Waals surface area contributed by atoms with Gasteiger partial charge in [-0.05, 0) is 18.6 Å². The van der Waals surface area contributed by atoms with Crippen molar-refractivity contribution in [2.75, 3.05) is 0 Å².